The van der Waals surface area contributed by atoms with Crippen molar-refractivity contribution in [2.24, 2.45) is 0 Å². The van der Waals surface area contributed by atoms with Crippen LogP contribution in [0.5, 0.6) is 0 Å². The van der Waals surface area contributed by atoms with Crippen molar-refractivity contribution in [1.82, 2.24) is 9.97 Å². The van der Waals surface area contributed by atoms with Crippen LogP contribution in [0.3, 0.4) is 0 Å². The predicted molar refractivity (Wildman–Crippen MR) is 83.3 cm³/mol. The van der Waals surface area contributed by atoms with Crippen LogP contribution in [0.4, 0.5) is 0 Å². The summed E-state index contributed by atoms with van der Waals surface area (Å²) in [7, 11) is 2.42. The second-order valence-corrected chi connectivity index (χ2v) is 5.04. The molecule has 8 nitrogen and oxygen atoms in total. The highest BCUT2D eigenvalue weighted by atomic mass is 16.5. The number of esters is 2. The molecule has 0 fully saturated rings. The molecule has 0 unspecified atom stereocenters. The van der Waals surface area contributed by atoms with Crippen LogP contribution in [0.25, 0.3) is 11.1 Å². The van der Waals surface area contributed by atoms with Crippen LogP contribution in [0.15, 0.2) is 12.1 Å². The van der Waals surface area contributed by atoms with Gasteiger partial charge in [0.1, 0.15) is 11.4 Å². The Morgan fingerprint density at radius 2 is 1.08 bits per heavy atom. The Labute approximate surface area is 137 Å². The normalized spacial score (nSPS) is 10.3. The van der Waals surface area contributed by atoms with Crippen LogP contribution < -0.4 is 0 Å². The Morgan fingerprint density at radius 3 is 1.33 bits per heavy atom. The Morgan fingerprint density at radius 1 is 0.750 bits per heavy atom. The average molecular weight is 332 g/mol. The van der Waals surface area contributed by atoms with E-state index in [1.165, 1.54) is 40.2 Å². The number of H-pyrrole nitrogens is 2. The van der Waals surface area contributed by atoms with E-state index in [1.54, 1.807) is 0 Å². The molecular weight excluding hydrogens is 316 g/mol. The molecule has 2 aromatic rings. The Balaban J connectivity index is 2.70. The molecule has 2 aromatic heterocycles. The third-order valence-electron chi connectivity index (χ3n) is 3.44. The van der Waals surface area contributed by atoms with Crippen molar-refractivity contribution in [2.75, 3.05) is 14.2 Å². The van der Waals surface area contributed by atoms with Crippen LogP contribution >= 0.6 is 0 Å². The molecule has 0 spiro atoms. The van der Waals surface area contributed by atoms with E-state index in [9.17, 15) is 19.2 Å². The number of methoxy groups -OCH3 is 2. The maximum absolute atomic E-state index is 11.9. The minimum absolute atomic E-state index is 0.0630. The molecule has 0 radical (unpaired) electrons. The topological polar surface area (TPSA) is 118 Å². The largest absolute Gasteiger partial charge is 0.464 e. The maximum atomic E-state index is 11.9. The van der Waals surface area contributed by atoms with E-state index in [2.05, 4.69) is 19.4 Å². The number of ether oxygens (including phenoxy) is 2. The molecule has 0 saturated heterocycles. The van der Waals surface area contributed by atoms with Crippen LogP contribution in [-0.2, 0) is 9.47 Å². The zero-order chi connectivity index (χ0) is 18.0. The summed E-state index contributed by atoms with van der Waals surface area (Å²) in [5.41, 5.74) is 1.03. The van der Waals surface area contributed by atoms with Gasteiger partial charge in [-0.1, -0.05) is 0 Å². The van der Waals surface area contributed by atoms with Crippen LogP contribution in [0.1, 0.15) is 55.8 Å². The molecule has 0 aromatic carbocycles. The summed E-state index contributed by atoms with van der Waals surface area (Å²) >= 11 is 0. The third-order valence-corrected chi connectivity index (χ3v) is 3.44. The number of nitrogens with one attached hydrogen (secondary N) is 2. The molecule has 2 heterocycles. The number of aromatic amines is 2. The average Bonchev–Trinajstić information content (AvgIpc) is 3.17. The van der Waals surface area contributed by atoms with Gasteiger partial charge in [-0.05, 0) is 12.1 Å². The lowest BCUT2D eigenvalue weighted by Crippen LogP contribution is -2.03. The highest BCUT2D eigenvalue weighted by molar-refractivity contribution is 6.08. The number of hydrogen-bond acceptors (Lipinski definition) is 6. The first-order valence-electron chi connectivity index (χ1n) is 6.95. The smallest absolute Gasteiger partial charge is 0.354 e. The molecule has 126 valence electrons. The number of carbonyl (C=O) groups is 4. The van der Waals surface area contributed by atoms with Gasteiger partial charge in [-0.25, -0.2) is 9.59 Å². The fraction of sp³-hybridized carbons (Fsp3) is 0.250. The van der Waals surface area contributed by atoms with Gasteiger partial charge in [0, 0.05) is 25.0 Å². The second-order valence-electron chi connectivity index (χ2n) is 5.04. The van der Waals surface area contributed by atoms with Gasteiger partial charge >= 0.3 is 11.9 Å². The van der Waals surface area contributed by atoms with E-state index in [4.69, 9.17) is 0 Å². The van der Waals surface area contributed by atoms with Crippen molar-refractivity contribution in [3.8, 4) is 11.1 Å². The minimum atomic E-state index is -0.656. The van der Waals surface area contributed by atoms with Gasteiger partial charge < -0.3 is 19.4 Å². The van der Waals surface area contributed by atoms with E-state index in [0.29, 0.717) is 11.1 Å². The number of Topliss-reactive ketones (excluding diaryl/α,β-unsaturated/α-hetero) is 2. The first-order chi connectivity index (χ1) is 11.3. The molecule has 0 bridgehead atoms. The van der Waals surface area contributed by atoms with Gasteiger partial charge in [-0.15, -0.1) is 0 Å². The van der Waals surface area contributed by atoms with Gasteiger partial charge in [-0.2, -0.15) is 0 Å². The summed E-state index contributed by atoms with van der Waals surface area (Å²) in [6.07, 6.45) is 0. The maximum Gasteiger partial charge on any atom is 0.354 e. The molecule has 0 aliphatic rings. The van der Waals surface area contributed by atoms with Crippen molar-refractivity contribution >= 4 is 23.5 Å². The third kappa shape index (κ3) is 2.98. The fourth-order valence-corrected chi connectivity index (χ4v) is 2.33. The molecule has 0 saturated carbocycles. The number of rotatable bonds is 5. The molecule has 0 aliphatic carbocycles. The molecular formula is C16H16N2O6. The van der Waals surface area contributed by atoms with Crippen LogP contribution in [0.2, 0.25) is 0 Å². The zero-order valence-electron chi connectivity index (χ0n) is 13.6. The summed E-state index contributed by atoms with van der Waals surface area (Å²) in [6, 6.07) is 2.80. The molecule has 24 heavy (non-hydrogen) atoms. The monoisotopic (exact) mass is 332 g/mol. The van der Waals surface area contributed by atoms with E-state index in [-0.39, 0.29) is 34.3 Å². The molecule has 8 heteroatoms. The standard InChI is InChI=1S/C16H16N2O6/c1-7(19)13-9(5-11(17-13)15(21)23-3)10-6-12(16(22)24-4)18-14(10)8(2)20/h5-6,17-18H,1-4H3. The highest BCUT2D eigenvalue weighted by Gasteiger charge is 2.24. The lowest BCUT2D eigenvalue weighted by Gasteiger charge is -2.00. The molecule has 2 rings (SSSR count). The van der Waals surface area contributed by atoms with Crippen molar-refractivity contribution < 1.29 is 28.7 Å². The molecule has 0 amide bonds. The Kier molecular flexibility index (Phi) is 4.68. The molecule has 0 atom stereocenters. The van der Waals surface area contributed by atoms with Crippen molar-refractivity contribution in [3.05, 3.63) is 34.9 Å². The van der Waals surface area contributed by atoms with E-state index in [1.807, 2.05) is 0 Å². The second kappa shape index (κ2) is 6.53. The van der Waals surface area contributed by atoms with Gasteiger partial charge in [0.15, 0.2) is 11.6 Å². The van der Waals surface area contributed by atoms with Crippen molar-refractivity contribution in [2.45, 2.75) is 13.8 Å². The highest BCUT2D eigenvalue weighted by Crippen LogP contribution is 2.30. The summed E-state index contributed by atoms with van der Waals surface area (Å²) in [5, 5.41) is 0. The Hall–Kier alpha value is -3.16. The predicted octanol–water partition coefficient (Wildman–Crippen LogP) is 1.99. The number of aromatic nitrogens is 2. The van der Waals surface area contributed by atoms with Gasteiger partial charge in [0.05, 0.1) is 25.6 Å². The minimum Gasteiger partial charge on any atom is -0.464 e. The van der Waals surface area contributed by atoms with E-state index < -0.39 is 11.9 Å². The first kappa shape index (κ1) is 17.2. The summed E-state index contributed by atoms with van der Waals surface area (Å²) in [5.74, 6) is -1.99. The first-order valence-corrected chi connectivity index (χ1v) is 6.95. The summed E-state index contributed by atoms with van der Waals surface area (Å²) < 4.78 is 9.26. The summed E-state index contributed by atoms with van der Waals surface area (Å²) in [6.45, 7) is 2.63. The number of ketones is 2. The number of carbonyl (C=O) groups excluding carboxylic acids is 4. The Bertz CT molecular complexity index is 773. The van der Waals surface area contributed by atoms with Gasteiger partial charge in [-0.3, -0.25) is 9.59 Å². The van der Waals surface area contributed by atoms with E-state index in [0.717, 1.165) is 0 Å². The zero-order valence-corrected chi connectivity index (χ0v) is 13.6. The lowest BCUT2D eigenvalue weighted by atomic mass is 10.0. The van der Waals surface area contributed by atoms with Gasteiger partial charge in [0.2, 0.25) is 0 Å². The van der Waals surface area contributed by atoms with E-state index >= 15 is 0 Å². The fourth-order valence-electron chi connectivity index (χ4n) is 2.33. The van der Waals surface area contributed by atoms with Crippen LogP contribution in [-0.4, -0.2) is 47.7 Å². The summed E-state index contributed by atoms with van der Waals surface area (Å²) in [4.78, 5) is 52.5. The van der Waals surface area contributed by atoms with Crippen LogP contribution in [0, 0.1) is 0 Å². The van der Waals surface area contributed by atoms with Gasteiger partial charge in [0.25, 0.3) is 0 Å². The quantitative estimate of drug-likeness (QED) is 0.638. The molecule has 0 aliphatic heterocycles. The van der Waals surface area contributed by atoms with Crippen molar-refractivity contribution in [1.29, 1.82) is 0 Å². The lowest BCUT2D eigenvalue weighted by molar-refractivity contribution is 0.0586. The number of hydrogen-bond donors (Lipinski definition) is 2. The molecule has 2 N–H and O–H groups in total. The van der Waals surface area contributed by atoms with Crippen molar-refractivity contribution in [3.63, 3.8) is 0 Å². The SMILES string of the molecule is COC(=O)c1cc(-c2cc(C(=O)OC)[nH]c2C(C)=O)c(C(C)=O)[nH]1.